The predicted octanol–water partition coefficient (Wildman–Crippen LogP) is 3.22. The van der Waals surface area contributed by atoms with E-state index in [1.165, 1.54) is 18.7 Å². The van der Waals surface area contributed by atoms with Crippen molar-refractivity contribution >= 4 is 5.97 Å². The molecular weight excluding hydrogens is 414 g/mol. The molecule has 0 aliphatic carbocycles. The highest BCUT2D eigenvalue weighted by Crippen LogP contribution is 2.35. The van der Waals surface area contributed by atoms with E-state index in [1.54, 1.807) is 14.2 Å². The molecule has 0 saturated carbocycles. The summed E-state index contributed by atoms with van der Waals surface area (Å²) >= 11 is 0. The topological polar surface area (TPSA) is 98.4 Å². The zero-order valence-corrected chi connectivity index (χ0v) is 19.3. The standard InChI is InChI=1S/C24H31NO7/c1-14(2)18(11-22(27)31-5)24-23(28)19(26)10-17(32-24)13-25-7-6-15-8-20(29-3)21(30-4)9-16(15)12-25/h8-10,14,18,28H,6-7,11-13H2,1-5H3/t18-/m0/s1. The molecule has 2 heterocycles. The summed E-state index contributed by atoms with van der Waals surface area (Å²) in [7, 11) is 4.54. The number of hydrogen-bond donors (Lipinski definition) is 1. The lowest BCUT2D eigenvalue weighted by Crippen LogP contribution is -2.30. The molecule has 8 heteroatoms. The van der Waals surface area contributed by atoms with E-state index in [1.807, 2.05) is 26.0 Å². The van der Waals surface area contributed by atoms with Crippen molar-refractivity contribution in [3.05, 3.63) is 51.1 Å². The van der Waals surface area contributed by atoms with Gasteiger partial charge in [0, 0.05) is 25.1 Å². The summed E-state index contributed by atoms with van der Waals surface area (Å²) in [6, 6.07) is 5.30. The number of benzene rings is 1. The molecule has 0 saturated heterocycles. The Morgan fingerprint density at radius 1 is 1.12 bits per heavy atom. The van der Waals surface area contributed by atoms with Gasteiger partial charge >= 0.3 is 5.97 Å². The molecule has 174 valence electrons. The van der Waals surface area contributed by atoms with E-state index < -0.39 is 23.1 Å². The Bertz CT molecular complexity index is 1030. The first-order chi connectivity index (χ1) is 15.3. The van der Waals surface area contributed by atoms with Gasteiger partial charge in [0.15, 0.2) is 17.3 Å². The van der Waals surface area contributed by atoms with Crippen LogP contribution in [0.4, 0.5) is 0 Å². The molecule has 8 nitrogen and oxygen atoms in total. The van der Waals surface area contributed by atoms with Crippen LogP contribution >= 0.6 is 0 Å². The van der Waals surface area contributed by atoms with E-state index in [2.05, 4.69) is 4.90 Å². The Morgan fingerprint density at radius 3 is 2.38 bits per heavy atom. The van der Waals surface area contributed by atoms with Crippen molar-refractivity contribution < 1.29 is 28.5 Å². The summed E-state index contributed by atoms with van der Waals surface area (Å²) in [4.78, 5) is 26.5. The van der Waals surface area contributed by atoms with E-state index in [4.69, 9.17) is 18.6 Å². The highest BCUT2D eigenvalue weighted by Gasteiger charge is 2.28. The molecule has 1 aliphatic rings. The fourth-order valence-electron chi connectivity index (χ4n) is 4.08. The fraction of sp³-hybridized carbons (Fsp3) is 0.500. The predicted molar refractivity (Wildman–Crippen MR) is 118 cm³/mol. The minimum Gasteiger partial charge on any atom is -0.502 e. The van der Waals surface area contributed by atoms with Crippen molar-refractivity contribution in [1.29, 1.82) is 0 Å². The number of nitrogens with zero attached hydrogens (tertiary/aromatic N) is 1. The summed E-state index contributed by atoms with van der Waals surface area (Å²) in [6.45, 7) is 5.65. The van der Waals surface area contributed by atoms with Gasteiger partial charge in [0.2, 0.25) is 11.2 Å². The monoisotopic (exact) mass is 445 g/mol. The summed E-state index contributed by atoms with van der Waals surface area (Å²) in [5.41, 5.74) is 1.81. The third-order valence-corrected chi connectivity index (χ3v) is 5.93. The van der Waals surface area contributed by atoms with Gasteiger partial charge in [-0.1, -0.05) is 13.8 Å². The molecule has 1 aromatic heterocycles. The lowest BCUT2D eigenvalue weighted by molar-refractivity contribution is -0.141. The van der Waals surface area contributed by atoms with Crippen LogP contribution in [0.25, 0.3) is 0 Å². The highest BCUT2D eigenvalue weighted by molar-refractivity contribution is 5.70. The first-order valence-corrected chi connectivity index (χ1v) is 10.7. The van der Waals surface area contributed by atoms with Crippen LogP contribution in [0.3, 0.4) is 0 Å². The van der Waals surface area contributed by atoms with Gasteiger partial charge in [-0.25, -0.2) is 0 Å². The zero-order chi connectivity index (χ0) is 23.4. The number of hydrogen-bond acceptors (Lipinski definition) is 8. The summed E-state index contributed by atoms with van der Waals surface area (Å²) in [6.07, 6.45) is 0.842. The van der Waals surface area contributed by atoms with Gasteiger partial charge in [-0.2, -0.15) is 0 Å². The Kier molecular flexibility index (Phi) is 7.45. The molecule has 0 radical (unpaired) electrons. The quantitative estimate of drug-likeness (QED) is 0.619. The van der Waals surface area contributed by atoms with Crippen LogP contribution < -0.4 is 14.9 Å². The third kappa shape index (κ3) is 5.07. The Hall–Kier alpha value is -3.00. The molecule has 0 unspecified atom stereocenters. The second-order valence-electron chi connectivity index (χ2n) is 8.36. The van der Waals surface area contributed by atoms with Crippen LogP contribution in [0.5, 0.6) is 17.2 Å². The van der Waals surface area contributed by atoms with Gasteiger partial charge in [0.25, 0.3) is 0 Å². The number of methoxy groups -OCH3 is 3. The second-order valence-corrected chi connectivity index (χ2v) is 8.36. The first kappa shape index (κ1) is 23.7. The van der Waals surface area contributed by atoms with Crippen LogP contribution in [0, 0.1) is 5.92 Å². The van der Waals surface area contributed by atoms with Crippen LogP contribution in [-0.4, -0.2) is 43.8 Å². The number of aromatic hydroxyl groups is 1. The molecule has 1 aliphatic heterocycles. The second kappa shape index (κ2) is 10.1. The van der Waals surface area contributed by atoms with Crippen LogP contribution in [-0.2, 0) is 29.0 Å². The van der Waals surface area contributed by atoms with Crippen LogP contribution in [0.15, 0.2) is 27.4 Å². The van der Waals surface area contributed by atoms with Crippen molar-refractivity contribution in [3.8, 4) is 17.2 Å². The molecule has 0 amide bonds. The Balaban J connectivity index is 1.85. The maximum atomic E-state index is 12.5. The highest BCUT2D eigenvalue weighted by atomic mass is 16.5. The summed E-state index contributed by atoms with van der Waals surface area (Å²) < 4.78 is 21.6. The number of rotatable bonds is 8. The van der Waals surface area contributed by atoms with Crippen LogP contribution in [0.1, 0.15) is 48.8 Å². The van der Waals surface area contributed by atoms with E-state index in [-0.39, 0.29) is 18.1 Å². The van der Waals surface area contributed by atoms with Crippen molar-refractivity contribution in [3.63, 3.8) is 0 Å². The van der Waals surface area contributed by atoms with Gasteiger partial charge in [0.05, 0.1) is 34.3 Å². The van der Waals surface area contributed by atoms with Gasteiger partial charge in [-0.15, -0.1) is 0 Å². The molecule has 2 aromatic rings. The minimum atomic E-state index is -0.513. The van der Waals surface area contributed by atoms with Gasteiger partial charge < -0.3 is 23.7 Å². The van der Waals surface area contributed by atoms with Crippen LogP contribution in [0.2, 0.25) is 0 Å². The molecule has 0 spiro atoms. The molecule has 1 atom stereocenters. The number of carbonyl (C=O) groups excluding carboxylic acids is 1. The maximum Gasteiger partial charge on any atom is 0.306 e. The van der Waals surface area contributed by atoms with E-state index in [0.29, 0.717) is 30.3 Å². The van der Waals surface area contributed by atoms with Gasteiger partial charge in [0.1, 0.15) is 5.76 Å². The third-order valence-electron chi connectivity index (χ3n) is 5.93. The molecule has 0 fully saturated rings. The van der Waals surface area contributed by atoms with Crippen molar-refractivity contribution in [2.24, 2.45) is 5.92 Å². The maximum absolute atomic E-state index is 12.5. The van der Waals surface area contributed by atoms with E-state index >= 15 is 0 Å². The lowest BCUT2D eigenvalue weighted by Gasteiger charge is -2.29. The number of ether oxygens (including phenoxy) is 3. The minimum absolute atomic E-state index is 0.0207. The molecule has 1 aromatic carbocycles. The van der Waals surface area contributed by atoms with Crippen molar-refractivity contribution in [2.75, 3.05) is 27.9 Å². The average molecular weight is 446 g/mol. The van der Waals surface area contributed by atoms with Gasteiger partial charge in [-0.05, 0) is 35.6 Å². The smallest absolute Gasteiger partial charge is 0.306 e. The van der Waals surface area contributed by atoms with E-state index in [0.717, 1.165) is 18.5 Å². The fourth-order valence-corrected chi connectivity index (χ4v) is 4.08. The number of fused-ring (bicyclic) bond motifs is 1. The van der Waals surface area contributed by atoms with Gasteiger partial charge in [-0.3, -0.25) is 14.5 Å². The van der Waals surface area contributed by atoms with Crippen molar-refractivity contribution in [1.82, 2.24) is 4.90 Å². The van der Waals surface area contributed by atoms with E-state index in [9.17, 15) is 14.7 Å². The summed E-state index contributed by atoms with van der Waals surface area (Å²) in [5.74, 6) is 0.592. The zero-order valence-electron chi connectivity index (χ0n) is 19.3. The number of carbonyl (C=O) groups is 1. The molecular formula is C24H31NO7. The SMILES string of the molecule is COC(=O)C[C@H](c1oc(CN2CCc3cc(OC)c(OC)cc3C2)cc(=O)c1O)C(C)C. The molecule has 3 rings (SSSR count). The lowest BCUT2D eigenvalue weighted by atomic mass is 9.89. The normalized spacial score (nSPS) is 14.7. The summed E-state index contributed by atoms with van der Waals surface area (Å²) in [5, 5.41) is 10.4. The Labute approximate surface area is 187 Å². The average Bonchev–Trinajstić information content (AvgIpc) is 2.78. The molecule has 0 bridgehead atoms. The first-order valence-electron chi connectivity index (χ1n) is 10.7. The molecule has 32 heavy (non-hydrogen) atoms. The largest absolute Gasteiger partial charge is 0.502 e. The Morgan fingerprint density at radius 2 is 1.78 bits per heavy atom. The number of esters is 1. The van der Waals surface area contributed by atoms with Crippen molar-refractivity contribution in [2.45, 2.75) is 45.7 Å². The molecule has 1 N–H and O–H groups in total.